The third-order valence-electron chi connectivity index (χ3n) is 2.72. The van der Waals surface area contributed by atoms with E-state index in [0.29, 0.717) is 10.6 Å². The summed E-state index contributed by atoms with van der Waals surface area (Å²) in [6, 6.07) is 4.50. The van der Waals surface area contributed by atoms with Gasteiger partial charge in [-0.1, -0.05) is 12.2 Å². The number of hydrogen-bond donors (Lipinski definition) is 0. The Bertz CT molecular complexity index is 695. The fourth-order valence-corrected chi connectivity index (χ4v) is 2.07. The fourth-order valence-electron chi connectivity index (χ4n) is 1.88. The molecule has 0 spiro atoms. The first-order valence-electron chi connectivity index (χ1n) is 6.41. The number of esters is 2. The highest BCUT2D eigenvalue weighted by Gasteiger charge is 2.21. The van der Waals surface area contributed by atoms with Crippen LogP contribution in [0, 0.1) is 0 Å². The number of nitrogens with zero attached hydrogens (tertiary/aromatic N) is 1. The van der Waals surface area contributed by atoms with Crippen LogP contribution < -0.4 is 14.4 Å². The van der Waals surface area contributed by atoms with Crippen LogP contribution in [0.2, 0.25) is 0 Å². The van der Waals surface area contributed by atoms with Gasteiger partial charge in [-0.2, -0.15) is 0 Å². The zero-order chi connectivity index (χ0) is 16.3. The third-order valence-corrected chi connectivity index (χ3v) is 3.00. The summed E-state index contributed by atoms with van der Waals surface area (Å²) in [7, 11) is 0. The molecule has 0 bridgehead atoms. The van der Waals surface area contributed by atoms with E-state index in [9.17, 15) is 14.4 Å². The number of carbonyl (C=O) groups is 3. The standard InChI is InChI=1S/C15H13NO5S/c1-9(17)20-13-4-3-11(7-14(13)21-10(2)18)16-6-5-12(22)8-15(16)19/h3-7H,8H2,1-2H3. The predicted molar refractivity (Wildman–Crippen MR) is 82.9 cm³/mol. The van der Waals surface area contributed by atoms with Gasteiger partial charge in [0.05, 0.1) is 12.1 Å². The Morgan fingerprint density at radius 3 is 2.36 bits per heavy atom. The molecule has 0 saturated carbocycles. The fraction of sp³-hybridized carbons (Fsp3) is 0.200. The van der Waals surface area contributed by atoms with Gasteiger partial charge in [0.1, 0.15) is 0 Å². The van der Waals surface area contributed by atoms with Crippen LogP contribution in [0.25, 0.3) is 0 Å². The van der Waals surface area contributed by atoms with E-state index in [4.69, 9.17) is 21.7 Å². The van der Waals surface area contributed by atoms with Crippen LogP contribution in [0.5, 0.6) is 11.5 Å². The van der Waals surface area contributed by atoms with E-state index in [1.165, 1.54) is 30.9 Å². The number of anilines is 1. The van der Waals surface area contributed by atoms with E-state index >= 15 is 0 Å². The molecule has 0 unspecified atom stereocenters. The zero-order valence-corrected chi connectivity index (χ0v) is 12.8. The van der Waals surface area contributed by atoms with Crippen LogP contribution in [0.3, 0.4) is 0 Å². The van der Waals surface area contributed by atoms with E-state index < -0.39 is 11.9 Å². The summed E-state index contributed by atoms with van der Waals surface area (Å²) < 4.78 is 10.0. The molecular formula is C15H13NO5S. The van der Waals surface area contributed by atoms with Gasteiger partial charge in [-0.25, -0.2) is 0 Å². The van der Waals surface area contributed by atoms with Crippen molar-refractivity contribution in [2.45, 2.75) is 20.3 Å². The van der Waals surface area contributed by atoms with E-state index in [-0.39, 0.29) is 23.8 Å². The number of ether oxygens (including phenoxy) is 2. The Morgan fingerprint density at radius 2 is 1.77 bits per heavy atom. The van der Waals surface area contributed by atoms with Crippen molar-refractivity contribution in [3.63, 3.8) is 0 Å². The molecule has 1 aliphatic heterocycles. The smallest absolute Gasteiger partial charge is 0.308 e. The van der Waals surface area contributed by atoms with Gasteiger partial charge < -0.3 is 9.47 Å². The van der Waals surface area contributed by atoms with E-state index in [1.807, 2.05) is 0 Å². The number of rotatable bonds is 3. The lowest BCUT2D eigenvalue weighted by Crippen LogP contribution is -2.30. The van der Waals surface area contributed by atoms with Crippen molar-refractivity contribution in [3.05, 3.63) is 30.5 Å². The minimum absolute atomic E-state index is 0.0644. The third kappa shape index (κ3) is 3.76. The molecule has 0 aliphatic carbocycles. The number of amides is 1. The van der Waals surface area contributed by atoms with Gasteiger partial charge in [-0.3, -0.25) is 19.3 Å². The molecule has 1 aromatic carbocycles. The first-order chi connectivity index (χ1) is 10.4. The van der Waals surface area contributed by atoms with Gasteiger partial charge in [-0.05, 0) is 18.2 Å². The largest absolute Gasteiger partial charge is 0.423 e. The van der Waals surface area contributed by atoms with Crippen molar-refractivity contribution in [1.29, 1.82) is 0 Å². The highest BCUT2D eigenvalue weighted by molar-refractivity contribution is 7.80. The predicted octanol–water partition coefficient (Wildman–Crippen LogP) is 2.16. The second-order valence-corrected chi connectivity index (χ2v) is 5.07. The molecule has 1 amide bonds. The van der Waals surface area contributed by atoms with Crippen LogP contribution in [-0.2, 0) is 14.4 Å². The highest BCUT2D eigenvalue weighted by atomic mass is 32.1. The normalized spacial score (nSPS) is 14.0. The summed E-state index contributed by atoms with van der Waals surface area (Å²) in [5, 5.41) is 0. The Morgan fingerprint density at radius 1 is 1.14 bits per heavy atom. The topological polar surface area (TPSA) is 72.9 Å². The maximum atomic E-state index is 12.0. The van der Waals surface area contributed by atoms with Crippen LogP contribution in [0.15, 0.2) is 30.5 Å². The summed E-state index contributed by atoms with van der Waals surface area (Å²) in [5.41, 5.74) is 0.482. The second kappa shape index (κ2) is 6.48. The van der Waals surface area contributed by atoms with Crippen molar-refractivity contribution in [2.24, 2.45) is 0 Å². The number of carbonyl (C=O) groups excluding carboxylic acids is 3. The molecular weight excluding hydrogens is 306 g/mol. The van der Waals surface area contributed by atoms with Crippen molar-refractivity contribution in [3.8, 4) is 11.5 Å². The van der Waals surface area contributed by atoms with Gasteiger partial charge in [-0.15, -0.1) is 0 Å². The van der Waals surface area contributed by atoms with Crippen LogP contribution in [0.4, 0.5) is 5.69 Å². The average molecular weight is 319 g/mol. The molecule has 0 N–H and O–H groups in total. The summed E-state index contributed by atoms with van der Waals surface area (Å²) in [6.07, 6.45) is 3.34. The average Bonchev–Trinajstić information content (AvgIpc) is 2.40. The lowest BCUT2D eigenvalue weighted by molar-refractivity contribution is -0.134. The van der Waals surface area contributed by atoms with Crippen LogP contribution >= 0.6 is 12.2 Å². The van der Waals surface area contributed by atoms with Gasteiger partial charge in [0.25, 0.3) is 0 Å². The van der Waals surface area contributed by atoms with E-state index in [0.717, 1.165) is 0 Å². The minimum atomic E-state index is -0.563. The summed E-state index contributed by atoms with van der Waals surface area (Å²) in [5.74, 6) is -1.13. The first-order valence-corrected chi connectivity index (χ1v) is 6.81. The summed E-state index contributed by atoms with van der Waals surface area (Å²) >= 11 is 4.98. The summed E-state index contributed by atoms with van der Waals surface area (Å²) in [6.45, 7) is 2.47. The number of thiocarbonyl (C=S) groups is 1. The molecule has 0 aromatic heterocycles. The Hall–Kier alpha value is -2.54. The monoisotopic (exact) mass is 319 g/mol. The number of benzene rings is 1. The molecule has 0 fully saturated rings. The van der Waals surface area contributed by atoms with E-state index in [2.05, 4.69) is 0 Å². The molecule has 2 rings (SSSR count). The van der Waals surface area contributed by atoms with Crippen molar-refractivity contribution >= 4 is 40.6 Å². The molecule has 0 atom stereocenters. The van der Waals surface area contributed by atoms with Gasteiger partial charge >= 0.3 is 11.9 Å². The van der Waals surface area contributed by atoms with Gasteiger partial charge in [0.2, 0.25) is 5.91 Å². The molecule has 1 heterocycles. The molecule has 114 valence electrons. The van der Waals surface area contributed by atoms with Crippen molar-refractivity contribution in [1.82, 2.24) is 0 Å². The molecule has 6 nitrogen and oxygen atoms in total. The molecule has 1 aromatic rings. The quantitative estimate of drug-likeness (QED) is 0.483. The SMILES string of the molecule is CC(=O)Oc1ccc(N2C=CC(=S)CC2=O)cc1OC(C)=O. The molecule has 22 heavy (non-hydrogen) atoms. The van der Waals surface area contributed by atoms with Crippen molar-refractivity contribution < 1.29 is 23.9 Å². The van der Waals surface area contributed by atoms with Gasteiger partial charge in [0.15, 0.2) is 11.5 Å². The lowest BCUT2D eigenvalue weighted by Gasteiger charge is -2.22. The van der Waals surface area contributed by atoms with Gasteiger partial charge in [0, 0.05) is 31.0 Å². The minimum Gasteiger partial charge on any atom is -0.423 e. The van der Waals surface area contributed by atoms with Crippen LogP contribution in [-0.4, -0.2) is 22.7 Å². The van der Waals surface area contributed by atoms with Crippen LogP contribution in [0.1, 0.15) is 20.3 Å². The molecule has 0 radical (unpaired) electrons. The van der Waals surface area contributed by atoms with Crippen molar-refractivity contribution in [2.75, 3.05) is 4.90 Å². The lowest BCUT2D eigenvalue weighted by atomic mass is 10.2. The molecule has 1 aliphatic rings. The second-order valence-electron chi connectivity index (χ2n) is 4.54. The maximum Gasteiger partial charge on any atom is 0.308 e. The Balaban J connectivity index is 2.39. The Labute approximate surface area is 132 Å². The number of hydrogen-bond acceptors (Lipinski definition) is 6. The zero-order valence-electron chi connectivity index (χ0n) is 12.0. The Kier molecular flexibility index (Phi) is 4.67. The first kappa shape index (κ1) is 15.8. The van der Waals surface area contributed by atoms with E-state index in [1.54, 1.807) is 18.3 Å². The molecule has 7 heteroatoms. The molecule has 0 saturated heterocycles. The highest BCUT2D eigenvalue weighted by Crippen LogP contribution is 2.33. The summed E-state index contributed by atoms with van der Waals surface area (Å²) in [4.78, 5) is 36.2. The maximum absolute atomic E-state index is 12.0. The number of allylic oxidation sites excluding steroid dienone is 1.